The van der Waals surface area contributed by atoms with Crippen LogP contribution >= 0.6 is 0 Å². The molecule has 3 aromatic rings. The average Bonchev–Trinajstić information content (AvgIpc) is 2.73. The Morgan fingerprint density at radius 2 is 2.04 bits per heavy atom. The summed E-state index contributed by atoms with van der Waals surface area (Å²) in [7, 11) is 0. The Bertz CT molecular complexity index is 907. The van der Waals surface area contributed by atoms with Gasteiger partial charge in [0.15, 0.2) is 0 Å². The van der Waals surface area contributed by atoms with Gasteiger partial charge in [-0.3, -0.25) is 14.7 Å². The summed E-state index contributed by atoms with van der Waals surface area (Å²) in [5.74, 6) is 0.0508. The number of amides is 1. The molecule has 1 aromatic heterocycles. The number of anilines is 1. The number of rotatable bonds is 5. The van der Waals surface area contributed by atoms with Gasteiger partial charge in [-0.25, -0.2) is 0 Å². The Hall–Kier alpha value is -2.76. The van der Waals surface area contributed by atoms with Crippen LogP contribution in [-0.4, -0.2) is 42.0 Å². The molecule has 1 amide bonds. The van der Waals surface area contributed by atoms with Crippen LogP contribution in [0.15, 0.2) is 67.0 Å². The molecular weight excluding hydrogens is 336 g/mol. The first-order valence-corrected chi connectivity index (χ1v) is 9.43. The number of aromatic nitrogens is 1. The second-order valence-electron chi connectivity index (χ2n) is 6.87. The number of hydrogen-bond acceptors (Lipinski definition) is 4. The van der Waals surface area contributed by atoms with Crippen LogP contribution < -0.4 is 10.6 Å². The summed E-state index contributed by atoms with van der Waals surface area (Å²) in [6.07, 6.45) is 4.18. The molecular formula is C22H24N4O. The van der Waals surface area contributed by atoms with Crippen LogP contribution in [0.4, 0.5) is 5.69 Å². The molecule has 1 fully saturated rings. The Labute approximate surface area is 159 Å². The molecule has 1 saturated heterocycles. The van der Waals surface area contributed by atoms with Crippen LogP contribution in [0.25, 0.3) is 10.8 Å². The minimum atomic E-state index is 0.0508. The molecule has 5 heteroatoms. The Kier molecular flexibility index (Phi) is 5.42. The predicted molar refractivity (Wildman–Crippen MR) is 109 cm³/mol. The highest BCUT2D eigenvalue weighted by molar-refractivity contribution is 6.02. The van der Waals surface area contributed by atoms with E-state index >= 15 is 0 Å². The molecule has 0 bridgehead atoms. The van der Waals surface area contributed by atoms with E-state index in [0.29, 0.717) is 6.42 Å². The van der Waals surface area contributed by atoms with Crippen molar-refractivity contribution < 1.29 is 4.79 Å². The minimum Gasteiger partial charge on any atom is -0.325 e. The quantitative estimate of drug-likeness (QED) is 0.734. The van der Waals surface area contributed by atoms with E-state index in [9.17, 15) is 4.79 Å². The van der Waals surface area contributed by atoms with Gasteiger partial charge in [-0.2, -0.15) is 0 Å². The van der Waals surface area contributed by atoms with Gasteiger partial charge in [-0.1, -0.05) is 42.5 Å². The van der Waals surface area contributed by atoms with Crippen molar-refractivity contribution in [3.05, 3.63) is 72.6 Å². The number of carbonyl (C=O) groups excluding carboxylic acids is 1. The average molecular weight is 360 g/mol. The monoisotopic (exact) mass is 360 g/mol. The number of piperazine rings is 1. The third-order valence-electron chi connectivity index (χ3n) is 5.11. The van der Waals surface area contributed by atoms with Crippen molar-refractivity contribution in [3.8, 4) is 0 Å². The van der Waals surface area contributed by atoms with Gasteiger partial charge in [0.25, 0.3) is 0 Å². The molecule has 2 heterocycles. The maximum atomic E-state index is 12.6. The van der Waals surface area contributed by atoms with E-state index in [1.54, 1.807) is 6.20 Å². The fourth-order valence-corrected chi connectivity index (χ4v) is 3.71. The van der Waals surface area contributed by atoms with Crippen LogP contribution in [0, 0.1) is 0 Å². The number of hydrogen-bond donors (Lipinski definition) is 2. The Morgan fingerprint density at radius 1 is 1.15 bits per heavy atom. The molecule has 0 aliphatic carbocycles. The van der Waals surface area contributed by atoms with E-state index in [-0.39, 0.29) is 11.9 Å². The topological polar surface area (TPSA) is 57.3 Å². The molecule has 1 unspecified atom stereocenters. The molecule has 0 spiro atoms. The van der Waals surface area contributed by atoms with Gasteiger partial charge in [0.2, 0.25) is 5.91 Å². The standard InChI is InChI=1S/C22H24N4O/c27-22(25-20-9-3-6-17-5-1-2-8-19(17)20)10-13-26-14-12-24-16-21(26)18-7-4-11-23-15-18/h1-9,11,15,21,24H,10,12-14,16H2,(H,25,27). The van der Waals surface area contributed by atoms with E-state index in [0.717, 1.165) is 42.6 Å². The fourth-order valence-electron chi connectivity index (χ4n) is 3.71. The lowest BCUT2D eigenvalue weighted by Crippen LogP contribution is -2.46. The van der Waals surface area contributed by atoms with E-state index < -0.39 is 0 Å². The number of benzene rings is 2. The van der Waals surface area contributed by atoms with Crippen molar-refractivity contribution >= 4 is 22.4 Å². The second-order valence-corrected chi connectivity index (χ2v) is 6.87. The highest BCUT2D eigenvalue weighted by atomic mass is 16.1. The molecule has 2 aromatic carbocycles. The fraction of sp³-hybridized carbons (Fsp3) is 0.273. The van der Waals surface area contributed by atoms with Gasteiger partial charge in [0.05, 0.1) is 0 Å². The number of carbonyl (C=O) groups is 1. The highest BCUT2D eigenvalue weighted by Crippen LogP contribution is 2.24. The van der Waals surface area contributed by atoms with Crippen LogP contribution in [0.3, 0.4) is 0 Å². The second kappa shape index (κ2) is 8.29. The normalized spacial score (nSPS) is 17.7. The lowest BCUT2D eigenvalue weighted by atomic mass is 10.0. The maximum Gasteiger partial charge on any atom is 0.225 e. The largest absolute Gasteiger partial charge is 0.325 e. The van der Waals surface area contributed by atoms with E-state index in [4.69, 9.17) is 0 Å². The van der Waals surface area contributed by atoms with Gasteiger partial charge in [-0.05, 0) is 23.1 Å². The summed E-state index contributed by atoms with van der Waals surface area (Å²) >= 11 is 0. The zero-order chi connectivity index (χ0) is 18.5. The van der Waals surface area contributed by atoms with Crippen molar-refractivity contribution in [3.63, 3.8) is 0 Å². The van der Waals surface area contributed by atoms with Gasteiger partial charge < -0.3 is 10.6 Å². The van der Waals surface area contributed by atoms with Crippen molar-refractivity contribution in [2.24, 2.45) is 0 Å². The van der Waals surface area contributed by atoms with Gasteiger partial charge in [0, 0.05) is 62.1 Å². The molecule has 4 rings (SSSR count). The zero-order valence-electron chi connectivity index (χ0n) is 15.3. The summed E-state index contributed by atoms with van der Waals surface area (Å²) in [5, 5.41) is 8.73. The first kappa shape index (κ1) is 17.6. The molecule has 138 valence electrons. The van der Waals surface area contributed by atoms with Crippen LogP contribution in [0.2, 0.25) is 0 Å². The first-order chi connectivity index (χ1) is 13.3. The first-order valence-electron chi connectivity index (χ1n) is 9.43. The highest BCUT2D eigenvalue weighted by Gasteiger charge is 2.24. The van der Waals surface area contributed by atoms with Crippen molar-refractivity contribution in [2.75, 3.05) is 31.5 Å². The maximum absolute atomic E-state index is 12.6. The number of pyridine rings is 1. The summed E-state index contributed by atoms with van der Waals surface area (Å²) in [4.78, 5) is 19.2. The van der Waals surface area contributed by atoms with E-state index in [1.807, 2.05) is 42.6 Å². The van der Waals surface area contributed by atoms with Crippen LogP contribution in [-0.2, 0) is 4.79 Å². The molecule has 2 N–H and O–H groups in total. The number of nitrogens with one attached hydrogen (secondary N) is 2. The SMILES string of the molecule is O=C(CCN1CCNCC1c1cccnc1)Nc1cccc2ccccc12. The van der Waals surface area contributed by atoms with Crippen molar-refractivity contribution in [2.45, 2.75) is 12.5 Å². The summed E-state index contributed by atoms with van der Waals surface area (Å²) < 4.78 is 0. The summed E-state index contributed by atoms with van der Waals surface area (Å²) in [5.41, 5.74) is 2.07. The van der Waals surface area contributed by atoms with Crippen LogP contribution in [0.1, 0.15) is 18.0 Å². The molecule has 0 saturated carbocycles. The van der Waals surface area contributed by atoms with E-state index in [1.165, 1.54) is 5.56 Å². The van der Waals surface area contributed by atoms with Gasteiger partial charge in [-0.15, -0.1) is 0 Å². The Morgan fingerprint density at radius 3 is 2.93 bits per heavy atom. The number of fused-ring (bicyclic) bond motifs is 1. The van der Waals surface area contributed by atoms with Gasteiger partial charge >= 0.3 is 0 Å². The molecule has 1 aliphatic rings. The van der Waals surface area contributed by atoms with Gasteiger partial charge in [0.1, 0.15) is 0 Å². The molecule has 1 aliphatic heterocycles. The van der Waals surface area contributed by atoms with Crippen molar-refractivity contribution in [1.82, 2.24) is 15.2 Å². The number of nitrogens with zero attached hydrogens (tertiary/aromatic N) is 2. The van der Waals surface area contributed by atoms with E-state index in [2.05, 4.69) is 38.7 Å². The third kappa shape index (κ3) is 4.15. The minimum absolute atomic E-state index is 0.0508. The summed E-state index contributed by atoms with van der Waals surface area (Å²) in [6, 6.07) is 18.4. The summed E-state index contributed by atoms with van der Waals surface area (Å²) in [6.45, 7) is 3.50. The zero-order valence-corrected chi connectivity index (χ0v) is 15.3. The Balaban J connectivity index is 1.41. The molecule has 0 radical (unpaired) electrons. The lowest BCUT2D eigenvalue weighted by Gasteiger charge is -2.36. The predicted octanol–water partition coefficient (Wildman–Crippen LogP) is 3.21. The van der Waals surface area contributed by atoms with Crippen LogP contribution in [0.5, 0.6) is 0 Å². The molecule has 5 nitrogen and oxygen atoms in total. The third-order valence-corrected chi connectivity index (χ3v) is 5.11. The molecule has 1 atom stereocenters. The van der Waals surface area contributed by atoms with Crippen molar-refractivity contribution in [1.29, 1.82) is 0 Å². The smallest absolute Gasteiger partial charge is 0.225 e. The molecule has 27 heavy (non-hydrogen) atoms. The lowest BCUT2D eigenvalue weighted by molar-refractivity contribution is -0.116.